The lowest BCUT2D eigenvalue weighted by molar-refractivity contribution is 0.173. The number of rotatable bonds is 3. The molecule has 1 aromatic heterocycles. The Hall–Kier alpha value is -1.19. The highest BCUT2D eigenvalue weighted by molar-refractivity contribution is 9.10. The average Bonchev–Trinajstić information content (AvgIpc) is 2.30. The summed E-state index contributed by atoms with van der Waals surface area (Å²) in [5.41, 5.74) is 1.80. The lowest BCUT2D eigenvalue weighted by Gasteiger charge is -2.10. The number of nitrogens with zero attached hydrogens (tertiary/aromatic N) is 1. The van der Waals surface area contributed by atoms with Crippen molar-refractivity contribution in [2.75, 3.05) is 0 Å². The molecular weight excluding hydrogens is 266 g/mol. The number of aromatic nitrogens is 1. The Bertz CT molecular complexity index is 458. The van der Waals surface area contributed by atoms with Crippen LogP contribution in [0.4, 0.5) is 0 Å². The van der Waals surface area contributed by atoms with Crippen molar-refractivity contribution in [2.24, 2.45) is 0 Å². The van der Waals surface area contributed by atoms with Crippen molar-refractivity contribution in [3.05, 3.63) is 64.4 Å². The lowest BCUT2D eigenvalue weighted by Crippen LogP contribution is -2.04. The van der Waals surface area contributed by atoms with Gasteiger partial charge in [0.2, 0.25) is 0 Å². The van der Waals surface area contributed by atoms with Crippen LogP contribution >= 0.6 is 15.9 Å². The number of aliphatic hydroxyl groups excluding tert-OH is 1. The number of hydrogen-bond donors (Lipinski definition) is 1. The van der Waals surface area contributed by atoms with Crippen LogP contribution in [0.15, 0.2) is 53.1 Å². The summed E-state index contributed by atoms with van der Waals surface area (Å²) in [5.74, 6) is 0. The van der Waals surface area contributed by atoms with Gasteiger partial charge >= 0.3 is 0 Å². The van der Waals surface area contributed by atoms with E-state index in [2.05, 4.69) is 20.9 Å². The summed E-state index contributed by atoms with van der Waals surface area (Å²) in [5, 5.41) is 10.0. The number of pyridine rings is 1. The first-order valence-electron chi connectivity index (χ1n) is 5.10. The largest absolute Gasteiger partial charge is 0.386 e. The van der Waals surface area contributed by atoms with E-state index in [0.717, 1.165) is 10.2 Å². The Morgan fingerprint density at radius 3 is 2.50 bits per heavy atom. The third kappa shape index (κ3) is 2.90. The minimum absolute atomic E-state index is 0.556. The molecule has 1 N–H and O–H groups in total. The SMILES string of the molecule is OC(Cc1ccccc1)c1cccc(Br)n1. The molecule has 1 aromatic carbocycles. The molecule has 0 saturated heterocycles. The fourth-order valence-electron chi connectivity index (χ4n) is 1.55. The molecule has 82 valence electrons. The zero-order chi connectivity index (χ0) is 11.4. The van der Waals surface area contributed by atoms with Crippen molar-refractivity contribution in [1.29, 1.82) is 0 Å². The summed E-state index contributed by atoms with van der Waals surface area (Å²) < 4.78 is 0.747. The maximum Gasteiger partial charge on any atom is 0.106 e. The van der Waals surface area contributed by atoms with E-state index in [4.69, 9.17) is 0 Å². The molecule has 0 saturated carbocycles. The molecule has 3 heteroatoms. The van der Waals surface area contributed by atoms with Crippen molar-refractivity contribution in [2.45, 2.75) is 12.5 Å². The average molecular weight is 278 g/mol. The van der Waals surface area contributed by atoms with E-state index >= 15 is 0 Å². The highest BCUT2D eigenvalue weighted by Gasteiger charge is 2.09. The van der Waals surface area contributed by atoms with Crippen LogP contribution in [0.25, 0.3) is 0 Å². The molecule has 0 amide bonds. The second-order valence-electron chi connectivity index (χ2n) is 3.59. The number of aliphatic hydroxyl groups is 1. The first-order chi connectivity index (χ1) is 7.75. The van der Waals surface area contributed by atoms with Crippen LogP contribution in [0, 0.1) is 0 Å². The van der Waals surface area contributed by atoms with Gasteiger partial charge in [-0.15, -0.1) is 0 Å². The van der Waals surface area contributed by atoms with Gasteiger partial charge in [0.25, 0.3) is 0 Å². The predicted molar refractivity (Wildman–Crippen MR) is 67.0 cm³/mol. The Kier molecular flexibility index (Phi) is 3.70. The zero-order valence-corrected chi connectivity index (χ0v) is 10.3. The van der Waals surface area contributed by atoms with E-state index in [-0.39, 0.29) is 0 Å². The summed E-state index contributed by atoms with van der Waals surface area (Å²) in [4.78, 5) is 4.24. The van der Waals surface area contributed by atoms with E-state index in [1.54, 1.807) is 0 Å². The molecule has 0 aliphatic carbocycles. The first kappa shape index (κ1) is 11.3. The summed E-state index contributed by atoms with van der Waals surface area (Å²) in [6, 6.07) is 15.5. The fraction of sp³-hybridized carbons (Fsp3) is 0.154. The monoisotopic (exact) mass is 277 g/mol. The Morgan fingerprint density at radius 1 is 1.06 bits per heavy atom. The van der Waals surface area contributed by atoms with Crippen LogP contribution in [0.2, 0.25) is 0 Å². The molecule has 0 aliphatic heterocycles. The summed E-state index contributed by atoms with van der Waals surface area (Å²) in [6.45, 7) is 0. The molecule has 16 heavy (non-hydrogen) atoms. The van der Waals surface area contributed by atoms with Crippen LogP contribution in [0.5, 0.6) is 0 Å². The molecule has 1 atom stereocenters. The van der Waals surface area contributed by atoms with E-state index < -0.39 is 6.10 Å². The number of halogens is 1. The van der Waals surface area contributed by atoms with Gasteiger partial charge in [-0.1, -0.05) is 36.4 Å². The van der Waals surface area contributed by atoms with E-state index in [1.165, 1.54) is 0 Å². The van der Waals surface area contributed by atoms with Gasteiger partial charge in [-0.25, -0.2) is 4.98 Å². The highest BCUT2D eigenvalue weighted by Crippen LogP contribution is 2.18. The third-order valence-corrected chi connectivity index (χ3v) is 2.79. The van der Waals surface area contributed by atoms with E-state index in [9.17, 15) is 5.11 Å². The fourth-order valence-corrected chi connectivity index (χ4v) is 1.91. The summed E-state index contributed by atoms with van der Waals surface area (Å²) >= 11 is 3.29. The van der Waals surface area contributed by atoms with Gasteiger partial charge in [0.15, 0.2) is 0 Å². The molecule has 0 fully saturated rings. The van der Waals surface area contributed by atoms with Gasteiger partial charge in [-0.3, -0.25) is 0 Å². The predicted octanol–water partition coefficient (Wildman–Crippen LogP) is 3.12. The van der Waals surface area contributed by atoms with Gasteiger partial charge in [0.05, 0.1) is 11.8 Å². The van der Waals surface area contributed by atoms with E-state index in [0.29, 0.717) is 12.1 Å². The summed E-state index contributed by atoms with van der Waals surface area (Å²) in [7, 11) is 0. The standard InChI is InChI=1S/C13H12BrNO/c14-13-8-4-7-11(15-13)12(16)9-10-5-2-1-3-6-10/h1-8,12,16H,9H2. The molecule has 2 rings (SSSR count). The molecule has 1 heterocycles. The Morgan fingerprint density at radius 2 is 1.81 bits per heavy atom. The minimum atomic E-state index is -0.556. The van der Waals surface area contributed by atoms with Crippen molar-refractivity contribution >= 4 is 15.9 Å². The molecule has 2 nitrogen and oxygen atoms in total. The molecular formula is C13H12BrNO. The van der Waals surface area contributed by atoms with Gasteiger partial charge < -0.3 is 5.11 Å². The highest BCUT2D eigenvalue weighted by atomic mass is 79.9. The molecule has 0 bridgehead atoms. The molecule has 1 unspecified atom stereocenters. The minimum Gasteiger partial charge on any atom is -0.386 e. The van der Waals surface area contributed by atoms with Crippen LogP contribution in [0.1, 0.15) is 17.4 Å². The molecule has 0 aliphatic rings. The quantitative estimate of drug-likeness (QED) is 0.875. The van der Waals surface area contributed by atoms with Crippen LogP contribution in [-0.2, 0) is 6.42 Å². The van der Waals surface area contributed by atoms with Crippen molar-refractivity contribution in [3.63, 3.8) is 0 Å². The van der Waals surface area contributed by atoms with Gasteiger partial charge in [0.1, 0.15) is 4.60 Å². The second-order valence-corrected chi connectivity index (χ2v) is 4.40. The third-order valence-electron chi connectivity index (χ3n) is 2.35. The van der Waals surface area contributed by atoms with Gasteiger partial charge in [-0.2, -0.15) is 0 Å². The molecule has 2 aromatic rings. The van der Waals surface area contributed by atoms with Crippen molar-refractivity contribution < 1.29 is 5.11 Å². The van der Waals surface area contributed by atoms with Gasteiger partial charge in [0, 0.05) is 6.42 Å². The lowest BCUT2D eigenvalue weighted by atomic mass is 10.1. The second kappa shape index (κ2) is 5.23. The topological polar surface area (TPSA) is 33.1 Å². The Labute approximate surface area is 103 Å². The molecule has 0 spiro atoms. The normalized spacial score (nSPS) is 12.4. The number of hydrogen-bond acceptors (Lipinski definition) is 2. The summed E-state index contributed by atoms with van der Waals surface area (Å²) in [6.07, 6.45) is 0.0319. The maximum absolute atomic E-state index is 10.0. The molecule has 0 radical (unpaired) electrons. The Balaban J connectivity index is 2.12. The van der Waals surface area contributed by atoms with Crippen molar-refractivity contribution in [1.82, 2.24) is 4.98 Å². The van der Waals surface area contributed by atoms with Crippen LogP contribution in [-0.4, -0.2) is 10.1 Å². The smallest absolute Gasteiger partial charge is 0.106 e. The first-order valence-corrected chi connectivity index (χ1v) is 5.89. The zero-order valence-electron chi connectivity index (χ0n) is 8.68. The number of benzene rings is 1. The van der Waals surface area contributed by atoms with Crippen LogP contribution < -0.4 is 0 Å². The van der Waals surface area contributed by atoms with Crippen LogP contribution in [0.3, 0.4) is 0 Å². The maximum atomic E-state index is 10.0. The van der Waals surface area contributed by atoms with Crippen molar-refractivity contribution in [3.8, 4) is 0 Å². The van der Waals surface area contributed by atoms with E-state index in [1.807, 2.05) is 48.5 Å². The van der Waals surface area contributed by atoms with Gasteiger partial charge in [-0.05, 0) is 33.6 Å².